The summed E-state index contributed by atoms with van der Waals surface area (Å²) in [5.74, 6) is -0.0126. The predicted molar refractivity (Wildman–Crippen MR) is 74.1 cm³/mol. The van der Waals surface area contributed by atoms with Gasteiger partial charge in [-0.3, -0.25) is 4.79 Å². The first kappa shape index (κ1) is 12.3. The zero-order valence-corrected chi connectivity index (χ0v) is 11.1. The van der Waals surface area contributed by atoms with E-state index in [4.69, 9.17) is 0 Å². The van der Waals surface area contributed by atoms with E-state index in [1.54, 1.807) is 21.7 Å². The van der Waals surface area contributed by atoms with Gasteiger partial charge in [0.05, 0.1) is 17.3 Å². The van der Waals surface area contributed by atoms with E-state index in [0.717, 1.165) is 11.3 Å². The molecule has 0 radical (unpaired) electrons. The molecule has 0 saturated carbocycles. The number of carbonyl (C=O) groups is 1. The third-order valence-corrected chi connectivity index (χ3v) is 3.90. The van der Waals surface area contributed by atoms with Crippen LogP contribution in [0.1, 0.15) is 16.8 Å². The first-order valence-corrected chi connectivity index (χ1v) is 7.14. The third-order valence-electron chi connectivity index (χ3n) is 3.31. The maximum atomic E-state index is 12.2. The highest BCUT2D eigenvalue weighted by Crippen LogP contribution is 2.20. The van der Waals surface area contributed by atoms with Crippen molar-refractivity contribution in [2.24, 2.45) is 0 Å². The molecule has 3 rings (SSSR count). The second kappa shape index (κ2) is 5.11. The maximum Gasteiger partial charge on any atom is 0.253 e. The monoisotopic (exact) mass is 274 g/mol. The molecule has 0 unspecified atom stereocenters. The Labute approximate surface area is 115 Å². The van der Waals surface area contributed by atoms with Crippen molar-refractivity contribution >= 4 is 17.2 Å². The summed E-state index contributed by atoms with van der Waals surface area (Å²) in [6.45, 7) is 1.07. The molecule has 1 amide bonds. The second-order valence-electron chi connectivity index (χ2n) is 4.64. The van der Waals surface area contributed by atoms with E-state index in [9.17, 15) is 9.90 Å². The summed E-state index contributed by atoms with van der Waals surface area (Å²) in [5, 5.41) is 11.4. The van der Waals surface area contributed by atoms with Crippen LogP contribution in [0.3, 0.4) is 0 Å². The largest absolute Gasteiger partial charge is 0.391 e. The van der Waals surface area contributed by atoms with Crippen molar-refractivity contribution in [2.45, 2.75) is 12.5 Å². The first-order valence-electron chi connectivity index (χ1n) is 6.20. The summed E-state index contributed by atoms with van der Waals surface area (Å²) in [5.41, 5.74) is 4.40. The highest BCUT2D eigenvalue weighted by atomic mass is 32.1. The number of rotatable bonds is 2. The predicted octanol–water partition coefficient (Wildman–Crippen LogP) is 2.02. The Kier molecular flexibility index (Phi) is 3.31. The van der Waals surface area contributed by atoms with E-state index < -0.39 is 0 Å². The molecule has 98 valence electrons. The fraction of sp³-hybridized carbons (Fsp3) is 0.286. The molecule has 0 aliphatic carbocycles. The molecule has 2 aromatic rings. The number of aromatic nitrogens is 1. The molecule has 1 saturated heterocycles. The molecular formula is C14H14N2O2S. The van der Waals surface area contributed by atoms with Gasteiger partial charge in [0.25, 0.3) is 5.91 Å². The Bertz CT molecular complexity index is 566. The number of likely N-dealkylation sites (tertiary alicyclic amines) is 1. The highest BCUT2D eigenvalue weighted by Gasteiger charge is 2.25. The number of β-amino-alcohol motifs (C(OH)–C–C–N with tert-alkyl or cyclic N) is 1. The fourth-order valence-corrected chi connectivity index (χ4v) is 2.81. The zero-order chi connectivity index (χ0) is 13.2. The van der Waals surface area contributed by atoms with Crippen molar-refractivity contribution in [1.82, 2.24) is 9.88 Å². The van der Waals surface area contributed by atoms with Crippen LogP contribution in [0.2, 0.25) is 0 Å². The Morgan fingerprint density at radius 2 is 2.16 bits per heavy atom. The van der Waals surface area contributed by atoms with E-state index in [1.165, 1.54) is 0 Å². The van der Waals surface area contributed by atoms with Gasteiger partial charge in [0.15, 0.2) is 0 Å². The van der Waals surface area contributed by atoms with Crippen LogP contribution in [0, 0.1) is 0 Å². The Hall–Kier alpha value is -1.72. The number of hydrogen-bond acceptors (Lipinski definition) is 4. The molecule has 1 aromatic carbocycles. The molecule has 1 fully saturated rings. The molecule has 1 aromatic heterocycles. The SMILES string of the molecule is O=C(c1ccc(-c2cscn2)cc1)N1CC[C@@H](O)C1. The van der Waals surface area contributed by atoms with Crippen molar-refractivity contribution < 1.29 is 9.90 Å². The zero-order valence-electron chi connectivity index (χ0n) is 10.3. The number of aliphatic hydroxyl groups excluding tert-OH is 1. The van der Waals surface area contributed by atoms with Gasteiger partial charge in [0.2, 0.25) is 0 Å². The minimum atomic E-state index is -0.377. The average molecular weight is 274 g/mol. The molecule has 2 heterocycles. The summed E-state index contributed by atoms with van der Waals surface area (Å²) in [6, 6.07) is 7.47. The normalized spacial score (nSPS) is 18.8. The van der Waals surface area contributed by atoms with Crippen LogP contribution < -0.4 is 0 Å². The maximum absolute atomic E-state index is 12.2. The average Bonchev–Trinajstić information content (AvgIpc) is 3.09. The van der Waals surface area contributed by atoms with Gasteiger partial charge in [-0.05, 0) is 18.6 Å². The summed E-state index contributed by atoms with van der Waals surface area (Å²) in [7, 11) is 0. The van der Waals surface area contributed by atoms with Crippen LogP contribution in [0.25, 0.3) is 11.3 Å². The lowest BCUT2D eigenvalue weighted by atomic mass is 10.1. The van der Waals surface area contributed by atoms with E-state index >= 15 is 0 Å². The molecule has 1 atom stereocenters. The van der Waals surface area contributed by atoms with Gasteiger partial charge in [-0.15, -0.1) is 11.3 Å². The van der Waals surface area contributed by atoms with Crippen LogP contribution in [0.5, 0.6) is 0 Å². The van der Waals surface area contributed by atoms with Gasteiger partial charge in [-0.1, -0.05) is 12.1 Å². The van der Waals surface area contributed by atoms with Crippen LogP contribution in [-0.2, 0) is 0 Å². The van der Waals surface area contributed by atoms with Gasteiger partial charge >= 0.3 is 0 Å². The summed E-state index contributed by atoms with van der Waals surface area (Å²) in [4.78, 5) is 18.1. The summed E-state index contributed by atoms with van der Waals surface area (Å²) in [6.07, 6.45) is 0.293. The number of aliphatic hydroxyl groups is 1. The van der Waals surface area contributed by atoms with Crippen LogP contribution in [-0.4, -0.2) is 40.1 Å². The van der Waals surface area contributed by atoms with Gasteiger partial charge in [-0.2, -0.15) is 0 Å². The number of hydrogen-bond donors (Lipinski definition) is 1. The van der Waals surface area contributed by atoms with E-state index in [1.807, 2.05) is 29.6 Å². The molecule has 19 heavy (non-hydrogen) atoms. The Morgan fingerprint density at radius 3 is 2.74 bits per heavy atom. The number of thiazole rings is 1. The van der Waals surface area contributed by atoms with E-state index in [0.29, 0.717) is 25.1 Å². The number of amides is 1. The summed E-state index contributed by atoms with van der Waals surface area (Å²) < 4.78 is 0. The van der Waals surface area contributed by atoms with Crippen molar-refractivity contribution in [2.75, 3.05) is 13.1 Å². The first-order chi connectivity index (χ1) is 9.24. The van der Waals surface area contributed by atoms with Crippen molar-refractivity contribution in [3.05, 3.63) is 40.7 Å². The molecule has 4 nitrogen and oxygen atoms in total. The van der Waals surface area contributed by atoms with Gasteiger partial charge in [-0.25, -0.2) is 4.98 Å². The number of nitrogens with zero attached hydrogens (tertiary/aromatic N) is 2. The molecular weight excluding hydrogens is 260 g/mol. The van der Waals surface area contributed by atoms with Gasteiger partial charge < -0.3 is 10.0 Å². The number of carbonyl (C=O) groups excluding carboxylic acids is 1. The lowest BCUT2D eigenvalue weighted by Gasteiger charge is -2.15. The number of benzene rings is 1. The van der Waals surface area contributed by atoms with Crippen molar-refractivity contribution in [3.8, 4) is 11.3 Å². The van der Waals surface area contributed by atoms with Crippen LogP contribution >= 0.6 is 11.3 Å². The second-order valence-corrected chi connectivity index (χ2v) is 5.36. The minimum Gasteiger partial charge on any atom is -0.391 e. The standard InChI is InChI=1S/C14H14N2O2S/c17-12-5-6-16(7-12)14(18)11-3-1-10(2-4-11)13-8-19-9-15-13/h1-4,8-9,12,17H,5-7H2/t12-/m1/s1. The van der Waals surface area contributed by atoms with Crippen LogP contribution in [0.4, 0.5) is 0 Å². The smallest absolute Gasteiger partial charge is 0.253 e. The fourth-order valence-electron chi connectivity index (χ4n) is 2.25. The topological polar surface area (TPSA) is 53.4 Å². The minimum absolute atomic E-state index is 0.0126. The molecule has 1 aliphatic rings. The van der Waals surface area contributed by atoms with Crippen LogP contribution in [0.15, 0.2) is 35.2 Å². The van der Waals surface area contributed by atoms with E-state index in [2.05, 4.69) is 4.98 Å². The highest BCUT2D eigenvalue weighted by molar-refractivity contribution is 7.07. The summed E-state index contributed by atoms with van der Waals surface area (Å²) >= 11 is 1.55. The van der Waals surface area contributed by atoms with Crippen molar-refractivity contribution in [3.63, 3.8) is 0 Å². The molecule has 1 aliphatic heterocycles. The lowest BCUT2D eigenvalue weighted by Crippen LogP contribution is -2.29. The van der Waals surface area contributed by atoms with Gasteiger partial charge in [0, 0.05) is 29.6 Å². The quantitative estimate of drug-likeness (QED) is 0.911. The Morgan fingerprint density at radius 1 is 1.37 bits per heavy atom. The third kappa shape index (κ3) is 2.52. The molecule has 5 heteroatoms. The molecule has 1 N–H and O–H groups in total. The van der Waals surface area contributed by atoms with E-state index in [-0.39, 0.29) is 12.0 Å². The molecule has 0 spiro atoms. The van der Waals surface area contributed by atoms with Gasteiger partial charge in [0.1, 0.15) is 0 Å². The molecule has 0 bridgehead atoms. The lowest BCUT2D eigenvalue weighted by molar-refractivity contribution is 0.0765. The van der Waals surface area contributed by atoms with Crippen molar-refractivity contribution in [1.29, 1.82) is 0 Å². The Balaban J connectivity index is 1.77.